The number of hydrogen-bond donors (Lipinski definition) is 1. The van der Waals surface area contributed by atoms with Crippen molar-refractivity contribution in [2.45, 2.75) is 30.1 Å². The van der Waals surface area contributed by atoms with Gasteiger partial charge in [-0.2, -0.15) is 0 Å². The van der Waals surface area contributed by atoms with Crippen molar-refractivity contribution in [3.05, 3.63) is 0 Å². The van der Waals surface area contributed by atoms with Gasteiger partial charge >= 0.3 is 0 Å². The fourth-order valence-electron chi connectivity index (χ4n) is 0.539. The number of rotatable bonds is 3. The fraction of sp³-hybridized carbons (Fsp3) is 1.00. The molecule has 0 aliphatic carbocycles. The molecule has 0 bridgehead atoms. The predicted molar refractivity (Wildman–Crippen MR) is 46.4 cm³/mol. The molecule has 0 aliphatic rings. The van der Waals surface area contributed by atoms with Crippen LogP contribution in [0.2, 0.25) is 0 Å². The van der Waals surface area contributed by atoms with E-state index in [2.05, 4.69) is 36.4 Å². The summed E-state index contributed by atoms with van der Waals surface area (Å²) in [5, 5.41) is 0. The zero-order valence-corrected chi connectivity index (χ0v) is 7.73. The highest BCUT2D eigenvalue weighted by Gasteiger charge is 2.18. The van der Waals surface area contributed by atoms with Crippen LogP contribution in [0.1, 0.15) is 26.7 Å². The highest BCUT2D eigenvalue weighted by atomic mass is 127. The Morgan fingerprint density at radius 3 is 1.75 bits per heavy atom. The van der Waals surface area contributed by atoms with Crippen LogP contribution in [0, 0.1) is 0 Å². The van der Waals surface area contributed by atoms with Gasteiger partial charge in [0.25, 0.3) is 0 Å². The maximum absolute atomic E-state index is 5.52. The van der Waals surface area contributed by atoms with E-state index >= 15 is 0 Å². The minimum Gasteiger partial charge on any atom is -0.329 e. The van der Waals surface area contributed by atoms with Gasteiger partial charge in [-0.3, -0.25) is 0 Å². The minimum absolute atomic E-state index is 0.373. The first kappa shape index (κ1) is 8.69. The average Bonchev–Trinajstić information content (AvgIpc) is 1.87. The van der Waals surface area contributed by atoms with E-state index in [1.807, 2.05) is 0 Å². The lowest BCUT2D eigenvalue weighted by Crippen LogP contribution is -2.28. The number of hydrogen-bond acceptors (Lipinski definition) is 1. The normalized spacial score (nSPS) is 12.0. The second-order valence-electron chi connectivity index (χ2n) is 2.06. The Hall–Kier alpha value is 0.690. The first-order valence-electron chi connectivity index (χ1n) is 3.07. The van der Waals surface area contributed by atoms with Crippen molar-refractivity contribution in [2.24, 2.45) is 5.73 Å². The van der Waals surface area contributed by atoms with Gasteiger partial charge in [0.2, 0.25) is 0 Å². The van der Waals surface area contributed by atoms with E-state index in [1.165, 1.54) is 12.8 Å². The topological polar surface area (TPSA) is 26.0 Å². The van der Waals surface area contributed by atoms with Crippen molar-refractivity contribution in [1.29, 1.82) is 0 Å². The van der Waals surface area contributed by atoms with Crippen LogP contribution in [0.15, 0.2) is 0 Å². The summed E-state index contributed by atoms with van der Waals surface area (Å²) in [6, 6.07) is 0. The zero-order valence-electron chi connectivity index (χ0n) is 5.58. The molecule has 0 aliphatic heterocycles. The Kier molecular flexibility index (Phi) is 3.98. The van der Waals surface area contributed by atoms with Gasteiger partial charge in [0.1, 0.15) is 0 Å². The van der Waals surface area contributed by atoms with Gasteiger partial charge in [0, 0.05) is 9.97 Å². The lowest BCUT2D eigenvalue weighted by Gasteiger charge is -2.21. The Morgan fingerprint density at radius 1 is 1.38 bits per heavy atom. The monoisotopic (exact) mass is 227 g/mol. The van der Waals surface area contributed by atoms with Crippen LogP contribution in [0.3, 0.4) is 0 Å². The molecule has 8 heavy (non-hydrogen) atoms. The summed E-state index contributed by atoms with van der Waals surface area (Å²) < 4.78 is 0.373. The van der Waals surface area contributed by atoms with Crippen molar-refractivity contribution in [2.75, 3.05) is 6.54 Å². The van der Waals surface area contributed by atoms with Crippen LogP contribution in [0.4, 0.5) is 0 Å². The van der Waals surface area contributed by atoms with Crippen LogP contribution in [-0.4, -0.2) is 9.97 Å². The second kappa shape index (κ2) is 3.67. The minimum atomic E-state index is 0.373. The lowest BCUT2D eigenvalue weighted by molar-refractivity contribution is 0.587. The fourth-order valence-corrected chi connectivity index (χ4v) is 0.539. The Bertz CT molecular complexity index is 51.3. The smallest absolute Gasteiger partial charge is 0.0339 e. The van der Waals surface area contributed by atoms with Gasteiger partial charge in [-0.1, -0.05) is 36.4 Å². The molecule has 0 rings (SSSR count). The third kappa shape index (κ3) is 2.31. The van der Waals surface area contributed by atoms with E-state index in [0.717, 1.165) is 6.54 Å². The van der Waals surface area contributed by atoms with E-state index in [4.69, 9.17) is 5.73 Å². The molecule has 2 N–H and O–H groups in total. The van der Waals surface area contributed by atoms with Crippen LogP contribution in [0.5, 0.6) is 0 Å². The van der Waals surface area contributed by atoms with E-state index in [-0.39, 0.29) is 0 Å². The molecule has 0 atom stereocenters. The van der Waals surface area contributed by atoms with Gasteiger partial charge in [0.15, 0.2) is 0 Å². The Balaban J connectivity index is 3.58. The van der Waals surface area contributed by atoms with E-state index in [9.17, 15) is 0 Å². The molecule has 0 aromatic rings. The number of alkyl halides is 1. The second-order valence-corrected chi connectivity index (χ2v) is 4.35. The molecule has 0 saturated carbocycles. The van der Waals surface area contributed by atoms with Gasteiger partial charge in [0.05, 0.1) is 0 Å². The van der Waals surface area contributed by atoms with E-state index < -0.39 is 0 Å². The quantitative estimate of drug-likeness (QED) is 0.578. The molecule has 50 valence electrons. The van der Waals surface area contributed by atoms with Gasteiger partial charge in [-0.15, -0.1) is 0 Å². The molecule has 0 aromatic heterocycles. The van der Waals surface area contributed by atoms with Crippen LogP contribution in [-0.2, 0) is 0 Å². The Labute approximate surface area is 65.2 Å². The maximum Gasteiger partial charge on any atom is 0.0339 e. The standard InChI is InChI=1S/C6H14IN/c1-3-6(7,4-2)5-8/h3-5,8H2,1-2H3. The SMILES string of the molecule is CCC(I)(CC)CN. The molecular weight excluding hydrogens is 213 g/mol. The van der Waals surface area contributed by atoms with Crippen LogP contribution in [0.25, 0.3) is 0 Å². The van der Waals surface area contributed by atoms with E-state index in [1.54, 1.807) is 0 Å². The van der Waals surface area contributed by atoms with Gasteiger partial charge < -0.3 is 5.73 Å². The molecule has 0 fully saturated rings. The zero-order chi connectivity index (χ0) is 6.62. The molecule has 0 saturated heterocycles. The molecule has 2 heteroatoms. The molecule has 0 spiro atoms. The first-order valence-corrected chi connectivity index (χ1v) is 4.15. The number of halogens is 1. The van der Waals surface area contributed by atoms with Crippen molar-refractivity contribution in [1.82, 2.24) is 0 Å². The summed E-state index contributed by atoms with van der Waals surface area (Å²) in [4.78, 5) is 0. The average molecular weight is 227 g/mol. The molecule has 0 radical (unpaired) electrons. The molecule has 0 amide bonds. The lowest BCUT2D eigenvalue weighted by atomic mass is 10.0. The Morgan fingerprint density at radius 2 is 1.75 bits per heavy atom. The van der Waals surface area contributed by atoms with Crippen molar-refractivity contribution in [3.63, 3.8) is 0 Å². The largest absolute Gasteiger partial charge is 0.329 e. The van der Waals surface area contributed by atoms with Crippen LogP contribution >= 0.6 is 22.6 Å². The first-order chi connectivity index (χ1) is 3.68. The summed E-state index contributed by atoms with van der Waals surface area (Å²) in [7, 11) is 0. The maximum atomic E-state index is 5.52. The predicted octanol–water partition coefficient (Wildman–Crippen LogP) is 1.94. The summed E-state index contributed by atoms with van der Waals surface area (Å²) >= 11 is 2.44. The molecule has 0 aromatic carbocycles. The summed E-state index contributed by atoms with van der Waals surface area (Å²) in [5.41, 5.74) is 5.52. The third-order valence-electron chi connectivity index (χ3n) is 1.63. The molecule has 0 unspecified atom stereocenters. The highest BCUT2D eigenvalue weighted by Crippen LogP contribution is 2.24. The highest BCUT2D eigenvalue weighted by molar-refractivity contribution is 14.1. The molecule has 0 heterocycles. The summed E-state index contributed by atoms with van der Waals surface area (Å²) in [5.74, 6) is 0. The molecule has 1 nitrogen and oxygen atoms in total. The summed E-state index contributed by atoms with van der Waals surface area (Å²) in [6.45, 7) is 5.17. The van der Waals surface area contributed by atoms with Gasteiger partial charge in [-0.05, 0) is 12.8 Å². The van der Waals surface area contributed by atoms with Gasteiger partial charge in [-0.25, -0.2) is 0 Å². The van der Waals surface area contributed by atoms with Crippen molar-refractivity contribution < 1.29 is 0 Å². The molecular formula is C6H14IN. The van der Waals surface area contributed by atoms with Crippen LogP contribution < -0.4 is 5.73 Å². The van der Waals surface area contributed by atoms with Crippen molar-refractivity contribution >= 4 is 22.6 Å². The third-order valence-corrected chi connectivity index (χ3v) is 3.60. The van der Waals surface area contributed by atoms with E-state index in [0.29, 0.717) is 3.42 Å². The van der Waals surface area contributed by atoms with Crippen molar-refractivity contribution in [3.8, 4) is 0 Å². The number of nitrogens with two attached hydrogens (primary N) is 1. The summed E-state index contributed by atoms with van der Waals surface area (Å²) in [6.07, 6.45) is 2.36.